The fourth-order valence-corrected chi connectivity index (χ4v) is 3.89. The summed E-state index contributed by atoms with van der Waals surface area (Å²) in [7, 11) is 0. The van der Waals surface area contributed by atoms with Crippen LogP contribution in [0.2, 0.25) is 0 Å². The number of rotatable bonds is 16. The minimum absolute atomic E-state index is 0.590. The first-order valence-electron chi connectivity index (χ1n) is 10.6. The van der Waals surface area contributed by atoms with Crippen LogP contribution in [-0.2, 0) is 0 Å². The maximum absolute atomic E-state index is 2.36. The van der Waals surface area contributed by atoms with Crippen molar-refractivity contribution in [3.63, 3.8) is 0 Å². The highest BCUT2D eigenvalue weighted by Gasteiger charge is 2.36. The lowest BCUT2D eigenvalue weighted by atomic mass is 9.63. The highest BCUT2D eigenvalue weighted by atomic mass is 14.4. The smallest absolute Gasteiger partial charge is 0.0179 e. The number of hydrogen-bond donors (Lipinski definition) is 0. The minimum atomic E-state index is 0.590. The molecule has 0 aromatic heterocycles. The van der Waals surface area contributed by atoms with Gasteiger partial charge >= 0.3 is 0 Å². The van der Waals surface area contributed by atoms with Gasteiger partial charge in [0.15, 0.2) is 0 Å². The molecule has 0 spiro atoms. The van der Waals surface area contributed by atoms with Gasteiger partial charge in [-0.25, -0.2) is 0 Å². The van der Waals surface area contributed by atoms with Gasteiger partial charge in [-0.1, -0.05) is 98.8 Å². The summed E-state index contributed by atoms with van der Waals surface area (Å²) in [4.78, 5) is 0. The molecule has 0 aliphatic heterocycles. The van der Waals surface area contributed by atoms with Crippen molar-refractivity contribution in [1.82, 2.24) is 0 Å². The van der Waals surface area contributed by atoms with Gasteiger partial charge in [-0.05, 0) is 43.4 Å². The second-order valence-electron chi connectivity index (χ2n) is 7.40. The number of hydrogen-bond acceptors (Lipinski definition) is 0. The highest BCUT2D eigenvalue weighted by Crippen LogP contribution is 2.49. The Morgan fingerprint density at radius 3 is 1.09 bits per heavy atom. The van der Waals surface area contributed by atoms with E-state index in [2.05, 4.69) is 34.6 Å². The molecular formula is C22H45. The van der Waals surface area contributed by atoms with E-state index in [1.54, 1.807) is 0 Å². The summed E-state index contributed by atoms with van der Waals surface area (Å²) >= 11 is 0. The Bertz CT molecular complexity index is 188. The molecule has 0 aliphatic carbocycles. The van der Waals surface area contributed by atoms with Crippen LogP contribution in [0, 0.1) is 11.3 Å². The van der Waals surface area contributed by atoms with Gasteiger partial charge in [-0.15, -0.1) is 0 Å². The molecule has 0 atom stereocenters. The van der Waals surface area contributed by atoms with Gasteiger partial charge in [0.1, 0.15) is 0 Å². The topological polar surface area (TPSA) is 0 Å². The average molecular weight is 310 g/mol. The van der Waals surface area contributed by atoms with Crippen LogP contribution in [0.15, 0.2) is 0 Å². The first-order chi connectivity index (χ1) is 10.7. The molecule has 0 saturated carbocycles. The molecule has 0 bridgehead atoms. The Labute approximate surface area is 142 Å². The normalized spacial score (nSPS) is 12.3. The van der Waals surface area contributed by atoms with Crippen LogP contribution >= 0.6 is 0 Å². The molecule has 0 aromatic carbocycles. The summed E-state index contributed by atoms with van der Waals surface area (Å²) in [5, 5.41) is 0. The van der Waals surface area contributed by atoms with Crippen molar-refractivity contribution < 1.29 is 0 Å². The fraction of sp³-hybridized carbons (Fsp3) is 0.955. The molecule has 0 rings (SSSR count). The zero-order valence-electron chi connectivity index (χ0n) is 16.6. The summed E-state index contributed by atoms with van der Waals surface area (Å²) in [6.45, 7) is 11.8. The zero-order chi connectivity index (χ0) is 16.7. The Balaban J connectivity index is 5.13. The SMILES string of the molecule is CCCC[C](CCCC)C(CCCC)(CCCC)CCCC. The maximum atomic E-state index is 2.36. The molecule has 0 heteroatoms. The van der Waals surface area contributed by atoms with Crippen LogP contribution in [-0.4, -0.2) is 0 Å². The summed E-state index contributed by atoms with van der Waals surface area (Å²) in [6.07, 6.45) is 21.1. The Morgan fingerprint density at radius 2 is 0.818 bits per heavy atom. The molecular weight excluding hydrogens is 264 g/mol. The summed E-state index contributed by atoms with van der Waals surface area (Å²) in [6, 6.07) is 0. The predicted molar refractivity (Wildman–Crippen MR) is 103 cm³/mol. The highest BCUT2D eigenvalue weighted by molar-refractivity contribution is 5.06. The molecule has 0 saturated heterocycles. The van der Waals surface area contributed by atoms with Gasteiger partial charge < -0.3 is 0 Å². The fourth-order valence-electron chi connectivity index (χ4n) is 3.89. The van der Waals surface area contributed by atoms with Gasteiger partial charge in [-0.3, -0.25) is 0 Å². The lowest BCUT2D eigenvalue weighted by Gasteiger charge is -2.42. The van der Waals surface area contributed by atoms with E-state index in [0.717, 1.165) is 0 Å². The van der Waals surface area contributed by atoms with Crippen molar-refractivity contribution >= 4 is 0 Å². The van der Waals surface area contributed by atoms with E-state index in [1.165, 1.54) is 96.3 Å². The minimum Gasteiger partial charge on any atom is -0.0654 e. The summed E-state index contributed by atoms with van der Waals surface area (Å²) in [5.41, 5.74) is 0.590. The van der Waals surface area contributed by atoms with Crippen molar-refractivity contribution in [2.45, 2.75) is 131 Å². The molecule has 0 fully saturated rings. The van der Waals surface area contributed by atoms with Crippen LogP contribution in [0.5, 0.6) is 0 Å². The van der Waals surface area contributed by atoms with E-state index >= 15 is 0 Å². The average Bonchev–Trinajstić information content (AvgIpc) is 2.55. The third-order valence-electron chi connectivity index (χ3n) is 5.44. The predicted octanol–water partition coefficient (Wildman–Crippen LogP) is 8.50. The van der Waals surface area contributed by atoms with Gasteiger partial charge in [-0.2, -0.15) is 0 Å². The summed E-state index contributed by atoms with van der Waals surface area (Å²) < 4.78 is 0. The van der Waals surface area contributed by atoms with Gasteiger partial charge in [0.25, 0.3) is 0 Å². The van der Waals surface area contributed by atoms with E-state index in [9.17, 15) is 0 Å². The van der Waals surface area contributed by atoms with E-state index in [1.807, 2.05) is 5.92 Å². The second kappa shape index (κ2) is 14.6. The monoisotopic (exact) mass is 309 g/mol. The lowest BCUT2D eigenvalue weighted by molar-refractivity contribution is 0.194. The first-order valence-corrected chi connectivity index (χ1v) is 10.6. The Kier molecular flexibility index (Phi) is 14.6. The third kappa shape index (κ3) is 8.59. The molecule has 0 aliphatic rings. The first kappa shape index (κ1) is 22.0. The number of unbranched alkanes of at least 4 members (excludes halogenated alkanes) is 5. The van der Waals surface area contributed by atoms with E-state index in [4.69, 9.17) is 0 Å². The van der Waals surface area contributed by atoms with Crippen LogP contribution in [0.3, 0.4) is 0 Å². The van der Waals surface area contributed by atoms with Gasteiger partial charge in [0, 0.05) is 0 Å². The maximum Gasteiger partial charge on any atom is -0.0179 e. The second-order valence-corrected chi connectivity index (χ2v) is 7.40. The van der Waals surface area contributed by atoms with Crippen molar-refractivity contribution in [2.24, 2.45) is 5.41 Å². The van der Waals surface area contributed by atoms with Crippen molar-refractivity contribution in [3.8, 4) is 0 Å². The Morgan fingerprint density at radius 1 is 0.500 bits per heavy atom. The molecule has 0 nitrogen and oxygen atoms in total. The molecule has 1 radical (unpaired) electrons. The van der Waals surface area contributed by atoms with Crippen molar-refractivity contribution in [1.29, 1.82) is 0 Å². The molecule has 0 heterocycles. The zero-order valence-corrected chi connectivity index (χ0v) is 16.6. The van der Waals surface area contributed by atoms with E-state index < -0.39 is 0 Å². The van der Waals surface area contributed by atoms with Gasteiger partial charge in [0.05, 0.1) is 0 Å². The lowest BCUT2D eigenvalue weighted by Crippen LogP contribution is -2.30. The van der Waals surface area contributed by atoms with E-state index in [0.29, 0.717) is 5.41 Å². The standard InChI is InChI=1S/C22H45/c1-6-11-16-21(17-12-7-2)22(18-13-8-3,19-14-9-4)20-15-10-5/h6-20H2,1-5H3. The molecule has 0 unspecified atom stereocenters. The van der Waals surface area contributed by atoms with E-state index in [-0.39, 0.29) is 0 Å². The quantitative estimate of drug-likeness (QED) is 0.268. The molecule has 22 heavy (non-hydrogen) atoms. The molecule has 0 aromatic rings. The Hall–Kier alpha value is 0. The van der Waals surface area contributed by atoms with Crippen LogP contribution in [0.25, 0.3) is 0 Å². The van der Waals surface area contributed by atoms with Crippen LogP contribution < -0.4 is 0 Å². The third-order valence-corrected chi connectivity index (χ3v) is 5.44. The molecule has 0 N–H and O–H groups in total. The largest absolute Gasteiger partial charge is 0.0654 e. The van der Waals surface area contributed by atoms with Gasteiger partial charge in [0.2, 0.25) is 0 Å². The molecule has 133 valence electrons. The van der Waals surface area contributed by atoms with Crippen molar-refractivity contribution in [2.75, 3.05) is 0 Å². The summed E-state index contributed by atoms with van der Waals surface area (Å²) in [5.74, 6) is 1.96. The van der Waals surface area contributed by atoms with Crippen molar-refractivity contribution in [3.05, 3.63) is 5.92 Å². The van der Waals surface area contributed by atoms with Crippen LogP contribution in [0.4, 0.5) is 0 Å². The van der Waals surface area contributed by atoms with Crippen LogP contribution in [0.1, 0.15) is 131 Å². The molecule has 0 amide bonds.